The lowest BCUT2D eigenvalue weighted by molar-refractivity contribution is -0.129. The van der Waals surface area contributed by atoms with Gasteiger partial charge in [0.15, 0.2) is 0 Å². The van der Waals surface area contributed by atoms with Crippen LogP contribution in [0.2, 0.25) is 0 Å². The molecule has 2 heteroatoms. The van der Waals surface area contributed by atoms with Crippen LogP contribution in [0.15, 0.2) is 12.2 Å². The molecule has 1 aliphatic heterocycles. The quantitative estimate of drug-likeness (QED) is 0.589. The number of hydrogen-bond donors (Lipinski definition) is 0. The van der Waals surface area contributed by atoms with E-state index in [2.05, 4.69) is 20.8 Å². The van der Waals surface area contributed by atoms with E-state index >= 15 is 0 Å². The van der Waals surface area contributed by atoms with Crippen molar-refractivity contribution in [2.45, 2.75) is 32.7 Å². The van der Waals surface area contributed by atoms with Crippen molar-refractivity contribution in [3.63, 3.8) is 0 Å². The van der Waals surface area contributed by atoms with Gasteiger partial charge < -0.3 is 4.90 Å². The molecule has 0 fully saturated rings. The average molecular weight is 153 g/mol. The third-order valence-electron chi connectivity index (χ3n) is 2.41. The molecular formula is C9H15NO. The minimum absolute atomic E-state index is 0.0145. The van der Waals surface area contributed by atoms with E-state index in [4.69, 9.17) is 0 Å². The van der Waals surface area contributed by atoms with E-state index in [1.165, 1.54) is 0 Å². The monoisotopic (exact) mass is 153 g/mol. The summed E-state index contributed by atoms with van der Waals surface area (Å²) in [6, 6.07) is 0. The molecule has 0 aromatic rings. The minimum atomic E-state index is 0.0145. The van der Waals surface area contributed by atoms with Crippen LogP contribution in [0.5, 0.6) is 0 Å². The lowest BCUT2D eigenvalue weighted by Gasteiger charge is -2.34. The first-order chi connectivity index (χ1) is 5.08. The Balaban J connectivity index is 2.69. The number of nitrogens with zero attached hydrogens (tertiary/aromatic N) is 1. The molecule has 0 spiro atoms. The Bertz CT molecular complexity index is 194. The summed E-state index contributed by atoms with van der Waals surface area (Å²) in [6.45, 7) is 7.07. The second-order valence-corrected chi connectivity index (χ2v) is 3.52. The van der Waals surface area contributed by atoms with Crippen LogP contribution >= 0.6 is 0 Å². The first kappa shape index (κ1) is 8.31. The van der Waals surface area contributed by atoms with Gasteiger partial charge in [-0.25, -0.2) is 0 Å². The van der Waals surface area contributed by atoms with Gasteiger partial charge >= 0.3 is 0 Å². The maximum absolute atomic E-state index is 11.2. The summed E-state index contributed by atoms with van der Waals surface area (Å²) in [5.74, 6) is 0.150. The predicted octanol–water partition coefficient (Wildman–Crippen LogP) is 1.57. The van der Waals surface area contributed by atoms with Crippen molar-refractivity contribution in [3.8, 4) is 0 Å². The topological polar surface area (TPSA) is 20.3 Å². The van der Waals surface area contributed by atoms with Gasteiger partial charge in [0, 0.05) is 18.2 Å². The molecule has 1 heterocycles. The SMILES string of the molecule is CCC(C)(C)N1CC=CC1=O. The summed E-state index contributed by atoms with van der Waals surface area (Å²) >= 11 is 0. The molecule has 0 saturated heterocycles. The van der Waals surface area contributed by atoms with Crippen LogP contribution in [0.4, 0.5) is 0 Å². The van der Waals surface area contributed by atoms with Crippen LogP contribution in [0, 0.1) is 0 Å². The van der Waals surface area contributed by atoms with Gasteiger partial charge in [0.25, 0.3) is 0 Å². The highest BCUT2D eigenvalue weighted by molar-refractivity contribution is 5.90. The van der Waals surface area contributed by atoms with Crippen LogP contribution in [-0.2, 0) is 4.79 Å². The lowest BCUT2D eigenvalue weighted by atomic mass is 10.00. The van der Waals surface area contributed by atoms with E-state index < -0.39 is 0 Å². The van der Waals surface area contributed by atoms with Gasteiger partial charge in [0.1, 0.15) is 0 Å². The molecule has 0 aromatic heterocycles. The maximum Gasteiger partial charge on any atom is 0.247 e. The molecular weight excluding hydrogens is 138 g/mol. The Morgan fingerprint density at radius 1 is 1.64 bits per heavy atom. The molecule has 1 aliphatic rings. The lowest BCUT2D eigenvalue weighted by Crippen LogP contribution is -2.44. The summed E-state index contributed by atoms with van der Waals surface area (Å²) in [4.78, 5) is 13.1. The zero-order valence-corrected chi connectivity index (χ0v) is 7.42. The first-order valence-corrected chi connectivity index (χ1v) is 4.06. The van der Waals surface area contributed by atoms with Gasteiger partial charge in [-0.05, 0) is 20.3 Å². The van der Waals surface area contributed by atoms with Gasteiger partial charge in [-0.3, -0.25) is 4.79 Å². The van der Waals surface area contributed by atoms with Crippen LogP contribution in [0.25, 0.3) is 0 Å². The Morgan fingerprint density at radius 3 is 2.64 bits per heavy atom. The summed E-state index contributed by atoms with van der Waals surface area (Å²) in [5.41, 5.74) is 0.0145. The molecule has 0 saturated carbocycles. The molecule has 11 heavy (non-hydrogen) atoms. The summed E-state index contributed by atoms with van der Waals surface area (Å²) < 4.78 is 0. The van der Waals surface area contributed by atoms with Crippen LogP contribution in [-0.4, -0.2) is 22.9 Å². The first-order valence-electron chi connectivity index (χ1n) is 4.06. The molecule has 0 aromatic carbocycles. The molecule has 0 atom stereocenters. The fraction of sp³-hybridized carbons (Fsp3) is 0.667. The van der Waals surface area contributed by atoms with E-state index in [1.54, 1.807) is 6.08 Å². The zero-order chi connectivity index (χ0) is 8.48. The highest BCUT2D eigenvalue weighted by atomic mass is 16.2. The molecule has 0 radical (unpaired) electrons. The Morgan fingerprint density at radius 2 is 2.27 bits per heavy atom. The fourth-order valence-corrected chi connectivity index (χ4v) is 1.18. The van der Waals surface area contributed by atoms with Gasteiger partial charge in [0.05, 0.1) is 0 Å². The maximum atomic E-state index is 11.2. The van der Waals surface area contributed by atoms with E-state index in [1.807, 2.05) is 11.0 Å². The highest BCUT2D eigenvalue weighted by Crippen LogP contribution is 2.21. The van der Waals surface area contributed by atoms with Crippen LogP contribution < -0.4 is 0 Å². The molecule has 0 bridgehead atoms. The molecule has 1 amide bonds. The predicted molar refractivity (Wildman–Crippen MR) is 45.2 cm³/mol. The van der Waals surface area contributed by atoms with E-state index in [0.717, 1.165) is 13.0 Å². The Labute approximate surface area is 67.9 Å². The number of rotatable bonds is 2. The number of amides is 1. The van der Waals surface area contributed by atoms with Crippen LogP contribution in [0.1, 0.15) is 27.2 Å². The number of hydrogen-bond acceptors (Lipinski definition) is 1. The number of carbonyl (C=O) groups excluding carboxylic acids is 1. The smallest absolute Gasteiger partial charge is 0.247 e. The van der Waals surface area contributed by atoms with Crippen molar-refractivity contribution in [3.05, 3.63) is 12.2 Å². The summed E-state index contributed by atoms with van der Waals surface area (Å²) in [5, 5.41) is 0. The van der Waals surface area contributed by atoms with Gasteiger partial charge in [-0.15, -0.1) is 0 Å². The minimum Gasteiger partial charge on any atom is -0.330 e. The van der Waals surface area contributed by atoms with Gasteiger partial charge in [0.2, 0.25) is 5.91 Å². The third-order valence-corrected chi connectivity index (χ3v) is 2.41. The van der Waals surface area contributed by atoms with Crippen LogP contribution in [0.3, 0.4) is 0 Å². The standard InChI is InChI=1S/C9H15NO/c1-4-9(2,3)10-7-5-6-8(10)11/h5-6H,4,7H2,1-3H3. The Kier molecular flexibility index (Phi) is 2.03. The second-order valence-electron chi connectivity index (χ2n) is 3.52. The molecule has 0 unspecified atom stereocenters. The number of carbonyl (C=O) groups is 1. The molecule has 62 valence electrons. The average Bonchev–Trinajstić information content (AvgIpc) is 2.36. The third kappa shape index (κ3) is 1.44. The van der Waals surface area contributed by atoms with Crippen molar-refractivity contribution in [2.24, 2.45) is 0 Å². The van der Waals surface area contributed by atoms with Crippen molar-refractivity contribution >= 4 is 5.91 Å². The fourth-order valence-electron chi connectivity index (χ4n) is 1.18. The molecule has 2 nitrogen and oxygen atoms in total. The zero-order valence-electron chi connectivity index (χ0n) is 7.42. The van der Waals surface area contributed by atoms with Gasteiger partial charge in [-0.1, -0.05) is 13.0 Å². The highest BCUT2D eigenvalue weighted by Gasteiger charge is 2.29. The van der Waals surface area contributed by atoms with E-state index in [0.29, 0.717) is 0 Å². The summed E-state index contributed by atoms with van der Waals surface area (Å²) in [6.07, 6.45) is 4.57. The normalized spacial score (nSPS) is 18.1. The largest absolute Gasteiger partial charge is 0.330 e. The van der Waals surface area contributed by atoms with Gasteiger partial charge in [-0.2, -0.15) is 0 Å². The molecule has 1 rings (SSSR count). The molecule has 0 N–H and O–H groups in total. The van der Waals surface area contributed by atoms with Crippen molar-refractivity contribution in [2.75, 3.05) is 6.54 Å². The van der Waals surface area contributed by atoms with Crippen molar-refractivity contribution in [1.29, 1.82) is 0 Å². The summed E-state index contributed by atoms with van der Waals surface area (Å²) in [7, 11) is 0. The van der Waals surface area contributed by atoms with E-state index in [9.17, 15) is 4.79 Å². The van der Waals surface area contributed by atoms with Crippen molar-refractivity contribution < 1.29 is 4.79 Å². The second kappa shape index (κ2) is 2.68. The Hall–Kier alpha value is -0.790. The van der Waals surface area contributed by atoms with E-state index in [-0.39, 0.29) is 11.4 Å². The van der Waals surface area contributed by atoms with Crippen molar-refractivity contribution in [1.82, 2.24) is 4.90 Å². The molecule has 0 aliphatic carbocycles.